The summed E-state index contributed by atoms with van der Waals surface area (Å²) in [5.74, 6) is -0.219. The first-order chi connectivity index (χ1) is 11.5. The van der Waals surface area contributed by atoms with E-state index in [1.807, 2.05) is 24.3 Å². The summed E-state index contributed by atoms with van der Waals surface area (Å²) in [7, 11) is 1.73. The summed E-state index contributed by atoms with van der Waals surface area (Å²) in [6.07, 6.45) is 2.31. The lowest BCUT2D eigenvalue weighted by atomic mass is 10.1. The molecule has 1 aromatic rings. The Kier molecular flexibility index (Phi) is 6.35. The zero-order chi connectivity index (χ0) is 17.5. The number of nitrogens with zero attached hydrogens (tertiary/aromatic N) is 1. The summed E-state index contributed by atoms with van der Waals surface area (Å²) in [6.45, 7) is 2.59. The van der Waals surface area contributed by atoms with E-state index in [0.717, 1.165) is 17.7 Å². The maximum atomic E-state index is 12.0. The number of anilines is 1. The van der Waals surface area contributed by atoms with Crippen molar-refractivity contribution in [2.24, 2.45) is 0 Å². The van der Waals surface area contributed by atoms with E-state index in [-0.39, 0.29) is 36.6 Å². The van der Waals surface area contributed by atoms with Crippen LogP contribution < -0.4 is 10.6 Å². The number of amides is 3. The van der Waals surface area contributed by atoms with Gasteiger partial charge in [0.25, 0.3) is 0 Å². The first-order valence-corrected chi connectivity index (χ1v) is 8.40. The lowest BCUT2D eigenvalue weighted by Crippen LogP contribution is -2.48. The molecule has 0 spiro atoms. The Bertz CT molecular complexity index is 615. The second-order valence-electron chi connectivity index (χ2n) is 6.18. The molecule has 6 heteroatoms. The minimum absolute atomic E-state index is 0.0236. The van der Waals surface area contributed by atoms with Crippen LogP contribution in [0.3, 0.4) is 0 Å². The van der Waals surface area contributed by atoms with Crippen LogP contribution in [-0.4, -0.2) is 42.3 Å². The number of hydrogen-bond donors (Lipinski definition) is 2. The highest BCUT2D eigenvalue weighted by molar-refractivity contribution is 5.93. The van der Waals surface area contributed by atoms with Gasteiger partial charge in [-0.25, -0.2) is 0 Å². The number of carbonyl (C=O) groups is 3. The number of hydrogen-bond acceptors (Lipinski definition) is 3. The van der Waals surface area contributed by atoms with Gasteiger partial charge in [0.15, 0.2) is 0 Å². The lowest BCUT2D eigenvalue weighted by molar-refractivity contribution is -0.134. The van der Waals surface area contributed by atoms with E-state index >= 15 is 0 Å². The van der Waals surface area contributed by atoms with Crippen molar-refractivity contribution in [3.8, 4) is 0 Å². The van der Waals surface area contributed by atoms with Crippen molar-refractivity contribution in [3.63, 3.8) is 0 Å². The summed E-state index contributed by atoms with van der Waals surface area (Å²) in [4.78, 5) is 37.0. The fourth-order valence-corrected chi connectivity index (χ4v) is 2.75. The minimum atomic E-state index is -0.172. The number of likely N-dealkylation sites (tertiary alicyclic amines) is 1. The minimum Gasteiger partial charge on any atom is -0.352 e. The summed E-state index contributed by atoms with van der Waals surface area (Å²) >= 11 is 0. The molecule has 1 aliphatic heterocycles. The second-order valence-corrected chi connectivity index (χ2v) is 6.18. The molecule has 1 saturated heterocycles. The third-order valence-corrected chi connectivity index (χ3v) is 4.19. The van der Waals surface area contributed by atoms with Gasteiger partial charge in [-0.05, 0) is 30.5 Å². The SMILES string of the molecule is CCc1cccc(NC(=O)CCC(=O)NC2CCC(=O)N(C)C2)c1. The number of piperidine rings is 1. The number of aryl methyl sites for hydroxylation is 1. The average Bonchev–Trinajstić information content (AvgIpc) is 2.56. The summed E-state index contributed by atoms with van der Waals surface area (Å²) in [5, 5.41) is 5.71. The van der Waals surface area contributed by atoms with E-state index in [4.69, 9.17) is 0 Å². The quantitative estimate of drug-likeness (QED) is 0.833. The average molecular weight is 331 g/mol. The molecule has 1 unspecified atom stereocenters. The zero-order valence-electron chi connectivity index (χ0n) is 14.3. The molecule has 0 saturated carbocycles. The van der Waals surface area contributed by atoms with Crippen molar-refractivity contribution in [1.82, 2.24) is 10.2 Å². The van der Waals surface area contributed by atoms with E-state index in [1.165, 1.54) is 0 Å². The monoisotopic (exact) mass is 331 g/mol. The van der Waals surface area contributed by atoms with Crippen molar-refractivity contribution in [2.45, 2.75) is 45.1 Å². The third-order valence-electron chi connectivity index (χ3n) is 4.19. The summed E-state index contributed by atoms with van der Waals surface area (Å²) in [5.41, 5.74) is 1.91. The summed E-state index contributed by atoms with van der Waals surface area (Å²) < 4.78 is 0. The molecule has 24 heavy (non-hydrogen) atoms. The molecular formula is C18H25N3O3. The van der Waals surface area contributed by atoms with Gasteiger partial charge in [-0.2, -0.15) is 0 Å². The van der Waals surface area contributed by atoms with E-state index in [1.54, 1.807) is 11.9 Å². The molecular weight excluding hydrogens is 306 g/mol. The van der Waals surface area contributed by atoms with Crippen molar-refractivity contribution in [1.29, 1.82) is 0 Å². The van der Waals surface area contributed by atoms with Gasteiger partial charge in [-0.1, -0.05) is 19.1 Å². The van der Waals surface area contributed by atoms with Crippen molar-refractivity contribution in [3.05, 3.63) is 29.8 Å². The fourth-order valence-electron chi connectivity index (χ4n) is 2.75. The van der Waals surface area contributed by atoms with Crippen molar-refractivity contribution >= 4 is 23.4 Å². The zero-order valence-corrected chi connectivity index (χ0v) is 14.3. The van der Waals surface area contributed by atoms with E-state index in [0.29, 0.717) is 19.4 Å². The van der Waals surface area contributed by atoms with Crippen LogP contribution in [0.2, 0.25) is 0 Å². The molecule has 1 aliphatic rings. The highest BCUT2D eigenvalue weighted by atomic mass is 16.2. The van der Waals surface area contributed by atoms with E-state index in [9.17, 15) is 14.4 Å². The highest BCUT2D eigenvalue weighted by Gasteiger charge is 2.23. The standard InChI is InChI=1S/C18H25N3O3/c1-3-13-5-4-6-14(11-13)19-16(22)8-9-17(23)20-15-7-10-18(24)21(2)12-15/h4-6,11,15H,3,7-10,12H2,1-2H3,(H,19,22)(H,20,23). The van der Waals surface area contributed by atoms with Crippen LogP contribution in [0.25, 0.3) is 0 Å². The van der Waals surface area contributed by atoms with Crippen LogP contribution in [0.15, 0.2) is 24.3 Å². The predicted molar refractivity (Wildman–Crippen MR) is 92.5 cm³/mol. The van der Waals surface area contributed by atoms with Gasteiger partial charge in [-0.3, -0.25) is 14.4 Å². The highest BCUT2D eigenvalue weighted by Crippen LogP contribution is 2.12. The molecule has 0 aliphatic carbocycles. The Hall–Kier alpha value is -2.37. The fraction of sp³-hybridized carbons (Fsp3) is 0.500. The maximum Gasteiger partial charge on any atom is 0.224 e. The molecule has 2 rings (SSSR count). The third kappa shape index (κ3) is 5.37. The van der Waals surface area contributed by atoms with Crippen LogP contribution in [0, 0.1) is 0 Å². The normalized spacial score (nSPS) is 17.5. The van der Waals surface area contributed by atoms with Gasteiger partial charge in [0, 0.05) is 44.6 Å². The van der Waals surface area contributed by atoms with Crippen LogP contribution in [0.1, 0.15) is 38.2 Å². The number of carbonyl (C=O) groups excluding carboxylic acids is 3. The van der Waals surface area contributed by atoms with Gasteiger partial charge in [0.2, 0.25) is 17.7 Å². The van der Waals surface area contributed by atoms with Gasteiger partial charge in [0.1, 0.15) is 0 Å². The van der Waals surface area contributed by atoms with Crippen molar-refractivity contribution < 1.29 is 14.4 Å². The molecule has 1 aromatic carbocycles. The molecule has 1 fully saturated rings. The Morgan fingerprint density at radius 2 is 2.00 bits per heavy atom. The molecule has 0 radical (unpaired) electrons. The Balaban J connectivity index is 1.73. The molecule has 3 amide bonds. The topological polar surface area (TPSA) is 78.5 Å². The molecule has 1 atom stereocenters. The first kappa shape index (κ1) is 18.0. The predicted octanol–water partition coefficient (Wildman–Crippen LogP) is 1.70. The number of rotatable bonds is 6. The van der Waals surface area contributed by atoms with E-state index in [2.05, 4.69) is 17.6 Å². The molecule has 130 valence electrons. The van der Waals surface area contributed by atoms with Gasteiger partial charge < -0.3 is 15.5 Å². The Labute approximate surface area is 142 Å². The van der Waals surface area contributed by atoms with Gasteiger partial charge in [-0.15, -0.1) is 0 Å². The van der Waals surface area contributed by atoms with Crippen LogP contribution in [0.5, 0.6) is 0 Å². The first-order valence-electron chi connectivity index (χ1n) is 8.40. The Morgan fingerprint density at radius 3 is 2.71 bits per heavy atom. The molecule has 0 bridgehead atoms. The number of nitrogens with one attached hydrogen (secondary N) is 2. The molecule has 1 heterocycles. The van der Waals surface area contributed by atoms with Crippen LogP contribution in [0.4, 0.5) is 5.69 Å². The molecule has 2 N–H and O–H groups in total. The molecule has 6 nitrogen and oxygen atoms in total. The lowest BCUT2D eigenvalue weighted by Gasteiger charge is -2.30. The summed E-state index contributed by atoms with van der Waals surface area (Å²) in [6, 6.07) is 7.67. The number of likely N-dealkylation sites (N-methyl/N-ethyl adjacent to an activating group) is 1. The van der Waals surface area contributed by atoms with E-state index < -0.39 is 0 Å². The maximum absolute atomic E-state index is 12.0. The van der Waals surface area contributed by atoms with Gasteiger partial charge in [0.05, 0.1) is 0 Å². The Morgan fingerprint density at radius 1 is 1.25 bits per heavy atom. The van der Waals surface area contributed by atoms with Crippen LogP contribution >= 0.6 is 0 Å². The molecule has 0 aromatic heterocycles. The largest absolute Gasteiger partial charge is 0.352 e. The number of benzene rings is 1. The van der Waals surface area contributed by atoms with Crippen molar-refractivity contribution in [2.75, 3.05) is 18.9 Å². The van der Waals surface area contributed by atoms with Gasteiger partial charge >= 0.3 is 0 Å². The van der Waals surface area contributed by atoms with Crippen LogP contribution in [-0.2, 0) is 20.8 Å². The second kappa shape index (κ2) is 8.47. The smallest absolute Gasteiger partial charge is 0.224 e.